The molecule has 3 heterocycles. The van der Waals surface area contributed by atoms with Gasteiger partial charge in [-0.1, -0.05) is 18.2 Å². The lowest BCUT2D eigenvalue weighted by atomic mass is 10.1. The summed E-state index contributed by atoms with van der Waals surface area (Å²) in [5.41, 5.74) is 4.14. The lowest BCUT2D eigenvalue weighted by Crippen LogP contribution is -2.09. The van der Waals surface area contributed by atoms with Crippen molar-refractivity contribution >= 4 is 35.7 Å². The molecule has 4 N–H and O–H groups in total. The second-order valence-electron chi connectivity index (χ2n) is 8.02. The van der Waals surface area contributed by atoms with Gasteiger partial charge >= 0.3 is 5.97 Å². The Bertz CT molecular complexity index is 1580. The number of anilines is 4. The highest BCUT2D eigenvalue weighted by molar-refractivity contribution is 5.95. The van der Waals surface area contributed by atoms with E-state index in [4.69, 9.17) is 13.6 Å². The van der Waals surface area contributed by atoms with E-state index in [0.29, 0.717) is 35.3 Å². The summed E-state index contributed by atoms with van der Waals surface area (Å²) in [7, 11) is 1.60. The quantitative estimate of drug-likeness (QED) is 0.132. The normalized spacial score (nSPS) is 10.9. The number of nitrogens with one attached hydrogen (secondary N) is 3. The number of aromatic carboxylic acids is 1. The maximum atomic E-state index is 11.5. The molecule has 0 unspecified atom stereocenters. The molecule has 0 amide bonds. The number of hydrazone groups is 1. The summed E-state index contributed by atoms with van der Waals surface area (Å²) in [6.07, 6.45) is 3.02. The maximum Gasteiger partial charge on any atom is 0.336 e. The fourth-order valence-electron chi connectivity index (χ4n) is 3.55. The van der Waals surface area contributed by atoms with E-state index in [1.165, 1.54) is 12.3 Å². The molecule has 0 aliphatic heterocycles. The Kier molecular flexibility index (Phi) is 7.44. The van der Waals surface area contributed by atoms with Gasteiger partial charge in [-0.05, 0) is 54.6 Å². The second-order valence-corrected chi connectivity index (χ2v) is 8.02. The van der Waals surface area contributed by atoms with Crippen LogP contribution in [0, 0.1) is 0 Å². The third-order valence-electron chi connectivity index (χ3n) is 5.39. The molecule has 12 heteroatoms. The first kappa shape index (κ1) is 25.0. The molecule has 0 spiro atoms. The van der Waals surface area contributed by atoms with Crippen molar-refractivity contribution in [1.82, 2.24) is 15.0 Å². The minimum absolute atomic E-state index is 0.144. The molecule has 5 aromatic rings. The topological polar surface area (TPSA) is 160 Å². The van der Waals surface area contributed by atoms with Crippen molar-refractivity contribution in [2.45, 2.75) is 6.54 Å². The molecule has 0 aliphatic carbocycles. The summed E-state index contributed by atoms with van der Waals surface area (Å²) < 4.78 is 16.3. The van der Waals surface area contributed by atoms with E-state index >= 15 is 0 Å². The maximum absolute atomic E-state index is 11.5. The number of ether oxygens (including phenoxy) is 1. The Hall–Kier alpha value is -5.65. The van der Waals surface area contributed by atoms with Crippen molar-refractivity contribution < 1.29 is 23.5 Å². The fourth-order valence-corrected chi connectivity index (χ4v) is 3.55. The van der Waals surface area contributed by atoms with Crippen LogP contribution >= 0.6 is 0 Å². The van der Waals surface area contributed by atoms with Crippen LogP contribution in [0.1, 0.15) is 21.9 Å². The summed E-state index contributed by atoms with van der Waals surface area (Å²) in [4.78, 5) is 24.7. The van der Waals surface area contributed by atoms with E-state index in [-0.39, 0.29) is 17.5 Å². The van der Waals surface area contributed by atoms with Crippen molar-refractivity contribution in [1.29, 1.82) is 0 Å². The number of nitrogens with zero attached hydrogens (tertiary/aromatic N) is 4. The van der Waals surface area contributed by atoms with Crippen LogP contribution in [-0.2, 0) is 6.54 Å². The molecule has 0 radical (unpaired) electrons. The molecule has 0 saturated heterocycles. The van der Waals surface area contributed by atoms with Gasteiger partial charge in [-0.25, -0.2) is 10.2 Å². The largest absolute Gasteiger partial charge is 0.497 e. The molecular formula is C27H23N7O5. The zero-order chi connectivity index (χ0) is 27.0. The first-order valence-electron chi connectivity index (χ1n) is 11.7. The van der Waals surface area contributed by atoms with Crippen molar-refractivity contribution in [2.24, 2.45) is 5.10 Å². The molecule has 0 saturated carbocycles. The zero-order valence-electron chi connectivity index (χ0n) is 20.7. The van der Waals surface area contributed by atoms with Crippen molar-refractivity contribution in [3.63, 3.8) is 0 Å². The molecule has 39 heavy (non-hydrogen) atoms. The fraction of sp³-hybridized carbons (Fsp3) is 0.0741. The van der Waals surface area contributed by atoms with Crippen LogP contribution in [0.4, 0.5) is 23.5 Å². The van der Waals surface area contributed by atoms with Crippen LogP contribution in [0.2, 0.25) is 0 Å². The third kappa shape index (κ3) is 6.38. The van der Waals surface area contributed by atoms with Crippen molar-refractivity contribution in [3.8, 4) is 17.1 Å². The predicted molar refractivity (Wildman–Crippen MR) is 144 cm³/mol. The highest BCUT2D eigenvalue weighted by Gasteiger charge is 2.14. The van der Waals surface area contributed by atoms with E-state index in [1.807, 2.05) is 30.3 Å². The number of carbonyl (C=O) groups is 1. The molecule has 3 aromatic heterocycles. The van der Waals surface area contributed by atoms with Gasteiger partial charge < -0.3 is 29.3 Å². The molecule has 0 bridgehead atoms. The van der Waals surface area contributed by atoms with E-state index in [2.05, 4.69) is 36.1 Å². The van der Waals surface area contributed by atoms with Gasteiger partial charge in [-0.3, -0.25) is 0 Å². The van der Waals surface area contributed by atoms with Gasteiger partial charge in [-0.15, -0.1) is 0 Å². The summed E-state index contributed by atoms with van der Waals surface area (Å²) >= 11 is 0. The second kappa shape index (κ2) is 11.6. The highest BCUT2D eigenvalue weighted by Crippen LogP contribution is 2.25. The number of furan rings is 2. The lowest BCUT2D eigenvalue weighted by molar-refractivity contribution is 0.0697. The van der Waals surface area contributed by atoms with Crippen LogP contribution in [0.3, 0.4) is 0 Å². The number of aromatic nitrogens is 3. The molecule has 12 nitrogen and oxygen atoms in total. The lowest BCUT2D eigenvalue weighted by Gasteiger charge is -2.10. The standard InChI is InChI=1S/C27H23N7O5/c1-37-18-10-8-17(9-11-18)30-26-31-25(28-15-19-5-4-14-38-19)32-27(33-26)34-29-16-20-12-13-23(39-20)21-6-2-3-7-22(21)24(35)36/h2-14,16H,15H2,1H3,(H,35,36)(H3,28,30,31,32,33,34)/b29-16+. The monoisotopic (exact) mass is 525 g/mol. The Balaban J connectivity index is 1.33. The summed E-state index contributed by atoms with van der Waals surface area (Å²) in [6, 6.07) is 20.9. The number of benzene rings is 2. The molecule has 196 valence electrons. The smallest absolute Gasteiger partial charge is 0.336 e. The summed E-state index contributed by atoms with van der Waals surface area (Å²) in [5, 5.41) is 19.8. The van der Waals surface area contributed by atoms with Crippen molar-refractivity contribution in [3.05, 3.63) is 96.1 Å². The third-order valence-corrected chi connectivity index (χ3v) is 5.39. The average Bonchev–Trinajstić information content (AvgIpc) is 3.65. The van der Waals surface area contributed by atoms with E-state index in [9.17, 15) is 9.90 Å². The predicted octanol–water partition coefficient (Wildman–Crippen LogP) is 5.23. The number of carboxylic acid groups (broad SMARTS) is 1. The highest BCUT2D eigenvalue weighted by atomic mass is 16.5. The van der Waals surface area contributed by atoms with Crippen LogP contribution in [0.25, 0.3) is 11.3 Å². The van der Waals surface area contributed by atoms with E-state index in [0.717, 1.165) is 11.4 Å². The van der Waals surface area contributed by atoms with Gasteiger partial charge in [0.2, 0.25) is 17.8 Å². The number of hydrogen-bond acceptors (Lipinski definition) is 11. The Morgan fingerprint density at radius 2 is 1.77 bits per heavy atom. The number of rotatable bonds is 11. The first-order valence-corrected chi connectivity index (χ1v) is 11.7. The van der Waals surface area contributed by atoms with Gasteiger partial charge in [0.1, 0.15) is 23.0 Å². The number of carboxylic acids is 1. The van der Waals surface area contributed by atoms with Gasteiger partial charge in [0, 0.05) is 11.3 Å². The van der Waals surface area contributed by atoms with Gasteiger partial charge in [-0.2, -0.15) is 20.1 Å². The SMILES string of the molecule is COc1ccc(Nc2nc(NCc3ccco3)nc(N/N=C/c3ccc(-c4ccccc4C(=O)O)o3)n2)cc1. The van der Waals surface area contributed by atoms with Crippen LogP contribution in [-0.4, -0.2) is 39.4 Å². The number of hydrogen-bond donors (Lipinski definition) is 4. The van der Waals surface area contributed by atoms with E-state index in [1.54, 1.807) is 49.8 Å². The van der Waals surface area contributed by atoms with Gasteiger partial charge in [0.25, 0.3) is 0 Å². The van der Waals surface area contributed by atoms with Gasteiger partial charge in [0.15, 0.2) is 0 Å². The van der Waals surface area contributed by atoms with Crippen LogP contribution in [0.5, 0.6) is 5.75 Å². The van der Waals surface area contributed by atoms with Gasteiger partial charge in [0.05, 0.1) is 31.7 Å². The average molecular weight is 526 g/mol. The summed E-state index contributed by atoms with van der Waals surface area (Å²) in [5.74, 6) is 1.95. The molecule has 0 aliphatic rings. The van der Waals surface area contributed by atoms with E-state index < -0.39 is 5.97 Å². The van der Waals surface area contributed by atoms with Crippen molar-refractivity contribution in [2.75, 3.05) is 23.2 Å². The molecule has 0 atom stereocenters. The molecule has 2 aromatic carbocycles. The Morgan fingerprint density at radius 1 is 0.974 bits per heavy atom. The van der Waals surface area contributed by atoms with Crippen LogP contribution in [0.15, 0.2) is 93.0 Å². The Morgan fingerprint density at radius 3 is 2.54 bits per heavy atom. The zero-order valence-corrected chi connectivity index (χ0v) is 20.7. The molecule has 5 rings (SSSR count). The summed E-state index contributed by atoms with van der Waals surface area (Å²) in [6.45, 7) is 0.370. The van der Waals surface area contributed by atoms with Crippen LogP contribution < -0.4 is 20.8 Å². The minimum Gasteiger partial charge on any atom is -0.497 e. The Labute approximate surface area is 222 Å². The first-order chi connectivity index (χ1) is 19.1. The number of methoxy groups -OCH3 is 1. The molecule has 0 fully saturated rings. The minimum atomic E-state index is -1.04. The molecular weight excluding hydrogens is 502 g/mol.